The lowest BCUT2D eigenvalue weighted by Crippen LogP contribution is -2.33. The molecule has 17 heavy (non-hydrogen) atoms. The number of hydrogen-bond acceptors (Lipinski definition) is 4. The average molecular weight is 242 g/mol. The Bertz CT molecular complexity index is 574. The number of aryl methyl sites for hydroxylation is 1. The molecule has 1 aliphatic rings. The van der Waals surface area contributed by atoms with Crippen LogP contribution in [-0.4, -0.2) is 27.4 Å². The lowest BCUT2D eigenvalue weighted by molar-refractivity contribution is -0.0199. The number of aliphatic hydroxyl groups excluding tert-OH is 1. The molecule has 2 heterocycles. The lowest BCUT2D eigenvalue weighted by Gasteiger charge is -2.14. The van der Waals surface area contributed by atoms with Crippen molar-refractivity contribution >= 4 is 0 Å². The number of ether oxygens (including phenoxy) is 1. The second-order valence-electron chi connectivity index (χ2n) is 3.73. The highest BCUT2D eigenvalue weighted by Crippen LogP contribution is 2.26. The minimum absolute atomic E-state index is 0.314. The Morgan fingerprint density at radius 2 is 2.29 bits per heavy atom. The molecule has 0 aliphatic carbocycles. The first-order valence-corrected chi connectivity index (χ1v) is 4.98. The van der Waals surface area contributed by atoms with Crippen molar-refractivity contribution in [2.45, 2.75) is 19.3 Å². The maximum absolute atomic E-state index is 13.2. The first kappa shape index (κ1) is 11.7. The van der Waals surface area contributed by atoms with Gasteiger partial charge in [0.05, 0.1) is 6.61 Å². The molecule has 2 N–H and O–H groups in total. The Labute approximate surface area is 95.0 Å². The van der Waals surface area contributed by atoms with Crippen molar-refractivity contribution < 1.29 is 14.2 Å². The summed E-state index contributed by atoms with van der Waals surface area (Å²) >= 11 is 0. The van der Waals surface area contributed by atoms with Gasteiger partial charge in [-0.05, 0) is 13.0 Å². The molecule has 1 aliphatic heterocycles. The van der Waals surface area contributed by atoms with E-state index in [9.17, 15) is 14.0 Å². The van der Waals surface area contributed by atoms with Crippen LogP contribution in [0.4, 0.5) is 4.39 Å². The van der Waals surface area contributed by atoms with Gasteiger partial charge in [0.25, 0.3) is 5.56 Å². The van der Waals surface area contributed by atoms with Crippen LogP contribution >= 0.6 is 0 Å². The molecule has 0 saturated heterocycles. The molecule has 2 atom stereocenters. The predicted octanol–water partition coefficient (Wildman–Crippen LogP) is -0.412. The molecule has 2 rings (SSSR count). The standard InChI is InChI=1S/C10H11FN2O4/c1-5-3-13(10(16)12-9(5)15)8-2-6(11)7(4-14)17-8/h2-3,7-8,14H,4H2,1H3,(H,12,15,16)/t7-,8+/m0/s1. The maximum Gasteiger partial charge on any atom is 0.330 e. The van der Waals surface area contributed by atoms with Gasteiger partial charge in [-0.15, -0.1) is 0 Å². The largest absolute Gasteiger partial charge is 0.393 e. The zero-order valence-electron chi connectivity index (χ0n) is 9.01. The number of nitrogens with one attached hydrogen (secondary N) is 1. The van der Waals surface area contributed by atoms with Crippen molar-refractivity contribution in [1.82, 2.24) is 9.55 Å². The zero-order chi connectivity index (χ0) is 12.6. The number of nitrogens with zero attached hydrogens (tertiary/aromatic N) is 1. The molecule has 0 aromatic carbocycles. The minimum atomic E-state index is -1.06. The van der Waals surface area contributed by atoms with Crippen LogP contribution in [0.3, 0.4) is 0 Å². The monoisotopic (exact) mass is 242 g/mol. The SMILES string of the molecule is Cc1cn([C@H]2C=C(F)[C@H](CO)O2)c(=O)[nH]c1=O. The number of H-pyrrole nitrogens is 1. The summed E-state index contributed by atoms with van der Waals surface area (Å²) in [5, 5.41) is 8.82. The van der Waals surface area contributed by atoms with Crippen LogP contribution in [0.15, 0.2) is 27.7 Å². The van der Waals surface area contributed by atoms with Gasteiger partial charge >= 0.3 is 5.69 Å². The molecular formula is C10H11FN2O4. The van der Waals surface area contributed by atoms with Crippen LogP contribution in [0, 0.1) is 6.92 Å². The first-order chi connectivity index (χ1) is 8.02. The molecular weight excluding hydrogens is 231 g/mol. The molecule has 0 unspecified atom stereocenters. The van der Waals surface area contributed by atoms with Crippen LogP contribution < -0.4 is 11.2 Å². The predicted molar refractivity (Wildman–Crippen MR) is 56.2 cm³/mol. The third kappa shape index (κ3) is 2.06. The van der Waals surface area contributed by atoms with E-state index in [4.69, 9.17) is 9.84 Å². The molecule has 0 bridgehead atoms. The molecule has 0 fully saturated rings. The van der Waals surface area contributed by atoms with Crippen LogP contribution in [-0.2, 0) is 4.74 Å². The number of halogens is 1. The van der Waals surface area contributed by atoms with Gasteiger partial charge in [0.1, 0.15) is 11.9 Å². The quantitative estimate of drug-likeness (QED) is 0.738. The molecule has 0 radical (unpaired) electrons. The van der Waals surface area contributed by atoms with Gasteiger partial charge in [0.15, 0.2) is 6.23 Å². The maximum atomic E-state index is 13.2. The number of rotatable bonds is 2. The van der Waals surface area contributed by atoms with Gasteiger partial charge in [-0.2, -0.15) is 0 Å². The van der Waals surface area contributed by atoms with E-state index in [-0.39, 0.29) is 0 Å². The fraction of sp³-hybridized carbons (Fsp3) is 0.400. The third-order valence-electron chi connectivity index (χ3n) is 2.50. The molecule has 0 spiro atoms. The lowest BCUT2D eigenvalue weighted by atomic mass is 10.3. The van der Waals surface area contributed by atoms with Gasteiger partial charge in [-0.25, -0.2) is 9.18 Å². The summed E-state index contributed by atoms with van der Waals surface area (Å²) < 4.78 is 19.4. The van der Waals surface area contributed by atoms with Crippen molar-refractivity contribution in [3.05, 3.63) is 44.5 Å². The fourth-order valence-electron chi connectivity index (χ4n) is 1.57. The van der Waals surface area contributed by atoms with Gasteiger partial charge in [0.2, 0.25) is 0 Å². The van der Waals surface area contributed by atoms with Gasteiger partial charge in [-0.1, -0.05) is 0 Å². The molecule has 7 heteroatoms. The Morgan fingerprint density at radius 1 is 1.59 bits per heavy atom. The van der Waals surface area contributed by atoms with Gasteiger partial charge in [-0.3, -0.25) is 14.3 Å². The number of hydrogen-bond donors (Lipinski definition) is 2. The Morgan fingerprint density at radius 3 is 2.88 bits per heavy atom. The highest BCUT2D eigenvalue weighted by Gasteiger charge is 2.28. The van der Waals surface area contributed by atoms with E-state index in [1.165, 1.54) is 13.1 Å². The van der Waals surface area contributed by atoms with Crippen LogP contribution in [0.25, 0.3) is 0 Å². The highest BCUT2D eigenvalue weighted by atomic mass is 19.1. The summed E-state index contributed by atoms with van der Waals surface area (Å²) in [6.45, 7) is 1.02. The molecule has 0 amide bonds. The summed E-state index contributed by atoms with van der Waals surface area (Å²) in [5.74, 6) is -0.631. The zero-order valence-corrected chi connectivity index (χ0v) is 9.01. The second-order valence-corrected chi connectivity index (χ2v) is 3.73. The molecule has 1 aromatic rings. The molecule has 0 saturated carbocycles. The van der Waals surface area contributed by atoms with E-state index in [1.807, 2.05) is 0 Å². The van der Waals surface area contributed by atoms with Gasteiger partial charge in [0, 0.05) is 11.8 Å². The topological polar surface area (TPSA) is 84.3 Å². The van der Waals surface area contributed by atoms with E-state index < -0.39 is 36.0 Å². The van der Waals surface area contributed by atoms with E-state index in [1.54, 1.807) is 0 Å². The van der Waals surface area contributed by atoms with Crippen molar-refractivity contribution in [3.8, 4) is 0 Å². The summed E-state index contributed by atoms with van der Waals surface area (Å²) in [4.78, 5) is 24.7. The fourth-order valence-corrected chi connectivity index (χ4v) is 1.57. The number of aliphatic hydroxyl groups is 1. The summed E-state index contributed by atoms with van der Waals surface area (Å²) in [7, 11) is 0. The van der Waals surface area contributed by atoms with E-state index in [0.717, 1.165) is 10.6 Å². The van der Waals surface area contributed by atoms with E-state index in [2.05, 4.69) is 4.98 Å². The van der Waals surface area contributed by atoms with Gasteiger partial charge < -0.3 is 9.84 Å². The number of aromatic amines is 1. The Kier molecular flexibility index (Phi) is 2.95. The summed E-state index contributed by atoms with van der Waals surface area (Å²) in [6, 6.07) is 0. The second kappa shape index (κ2) is 4.27. The van der Waals surface area contributed by atoms with Crippen LogP contribution in [0.2, 0.25) is 0 Å². The normalized spacial score (nSPS) is 23.8. The van der Waals surface area contributed by atoms with Crippen molar-refractivity contribution in [2.75, 3.05) is 6.61 Å². The number of aromatic nitrogens is 2. The average Bonchev–Trinajstić information content (AvgIpc) is 2.65. The molecule has 1 aromatic heterocycles. The molecule has 6 nitrogen and oxygen atoms in total. The van der Waals surface area contributed by atoms with E-state index >= 15 is 0 Å². The van der Waals surface area contributed by atoms with Crippen LogP contribution in [0.1, 0.15) is 11.8 Å². The van der Waals surface area contributed by atoms with Crippen molar-refractivity contribution in [1.29, 1.82) is 0 Å². The van der Waals surface area contributed by atoms with Crippen LogP contribution in [0.5, 0.6) is 0 Å². The Hall–Kier alpha value is -1.73. The smallest absolute Gasteiger partial charge is 0.330 e. The summed E-state index contributed by atoms with van der Waals surface area (Å²) in [5.41, 5.74) is -0.866. The minimum Gasteiger partial charge on any atom is -0.393 e. The Balaban J connectivity index is 2.41. The summed E-state index contributed by atoms with van der Waals surface area (Å²) in [6.07, 6.45) is 0.365. The highest BCUT2D eigenvalue weighted by molar-refractivity contribution is 5.10. The van der Waals surface area contributed by atoms with Crippen molar-refractivity contribution in [3.63, 3.8) is 0 Å². The first-order valence-electron chi connectivity index (χ1n) is 4.98. The van der Waals surface area contributed by atoms with Crippen molar-refractivity contribution in [2.24, 2.45) is 0 Å². The van der Waals surface area contributed by atoms with E-state index in [0.29, 0.717) is 5.56 Å². The third-order valence-corrected chi connectivity index (χ3v) is 2.50. The molecule has 92 valence electrons.